The van der Waals surface area contributed by atoms with E-state index in [4.69, 9.17) is 4.99 Å². The first-order valence-electron chi connectivity index (χ1n) is 10.4. The van der Waals surface area contributed by atoms with Crippen molar-refractivity contribution in [2.45, 2.75) is 76.3 Å². The van der Waals surface area contributed by atoms with Gasteiger partial charge in [0.05, 0.1) is 12.6 Å². The van der Waals surface area contributed by atoms with Gasteiger partial charge in [0.2, 0.25) is 0 Å². The normalized spacial score (nSPS) is 23.5. The molecule has 2 aliphatic heterocycles. The fourth-order valence-corrected chi connectivity index (χ4v) is 6.60. The highest BCUT2D eigenvalue weighted by Crippen LogP contribution is 2.33. The number of nitrogens with zero attached hydrogens (tertiary/aromatic N) is 4. The molecule has 0 N–H and O–H groups in total. The maximum absolute atomic E-state index is 5.28. The molecule has 0 aromatic heterocycles. The fourth-order valence-electron chi connectivity index (χ4n) is 4.45. The number of rotatable bonds is 4. The highest BCUT2D eigenvalue weighted by molar-refractivity contribution is 8.17. The molecule has 2 saturated carbocycles. The quantitative estimate of drug-likeness (QED) is 0.389. The SMILES string of the molecule is CN(C(=NC1CCCCC1)SCC1=CSC2=NCCN12)C1CCCCC1.Cl.Cl. The first kappa shape index (κ1) is 24.2. The summed E-state index contributed by atoms with van der Waals surface area (Å²) in [5.41, 5.74) is 1.42. The molecule has 8 heteroatoms. The molecule has 0 aromatic carbocycles. The molecule has 0 atom stereocenters. The molecule has 0 bridgehead atoms. The largest absolute Gasteiger partial charge is 0.352 e. The summed E-state index contributed by atoms with van der Waals surface area (Å²) in [5.74, 6) is 1.02. The van der Waals surface area contributed by atoms with Crippen LogP contribution in [-0.2, 0) is 0 Å². The number of fused-ring (bicyclic) bond motifs is 1. The van der Waals surface area contributed by atoms with Gasteiger partial charge in [-0.3, -0.25) is 9.98 Å². The first-order valence-corrected chi connectivity index (χ1v) is 12.3. The third-order valence-electron chi connectivity index (χ3n) is 6.09. The topological polar surface area (TPSA) is 31.2 Å². The van der Waals surface area contributed by atoms with E-state index in [1.807, 2.05) is 11.8 Å². The molecule has 0 amide bonds. The molecular weight excluding hydrogens is 431 g/mol. The number of thioether (sulfide) groups is 2. The summed E-state index contributed by atoms with van der Waals surface area (Å²) >= 11 is 3.75. The average Bonchev–Trinajstić information content (AvgIpc) is 3.30. The van der Waals surface area contributed by atoms with Gasteiger partial charge in [-0.1, -0.05) is 62.0 Å². The van der Waals surface area contributed by atoms with E-state index in [2.05, 4.69) is 27.2 Å². The van der Waals surface area contributed by atoms with Gasteiger partial charge in [0.25, 0.3) is 0 Å². The van der Waals surface area contributed by atoms with Crippen molar-refractivity contribution >= 4 is 58.7 Å². The van der Waals surface area contributed by atoms with Crippen LogP contribution in [0, 0.1) is 0 Å². The van der Waals surface area contributed by atoms with E-state index in [0.717, 1.165) is 18.8 Å². The highest BCUT2D eigenvalue weighted by Gasteiger charge is 2.28. The second-order valence-corrected chi connectivity index (χ2v) is 9.72. The monoisotopic (exact) mass is 464 g/mol. The third-order valence-corrected chi connectivity index (χ3v) is 8.13. The van der Waals surface area contributed by atoms with E-state index in [-0.39, 0.29) is 24.8 Å². The Bertz CT molecular complexity index is 585. The molecule has 2 fully saturated rings. The van der Waals surface area contributed by atoms with Gasteiger partial charge >= 0.3 is 0 Å². The predicted molar refractivity (Wildman–Crippen MR) is 131 cm³/mol. The van der Waals surface area contributed by atoms with E-state index < -0.39 is 0 Å². The van der Waals surface area contributed by atoms with Gasteiger partial charge in [-0.2, -0.15) is 0 Å². The molecule has 0 aromatic rings. The first-order chi connectivity index (χ1) is 12.8. The van der Waals surface area contributed by atoms with Crippen molar-refractivity contribution < 1.29 is 0 Å². The molecule has 2 aliphatic carbocycles. The van der Waals surface area contributed by atoms with Gasteiger partial charge < -0.3 is 9.80 Å². The standard InChI is InChI=1S/C20H32N4S2.2ClH/c1-23(17-10-6-3-7-11-17)20(22-16-8-4-2-5-9-16)26-15-18-14-25-19-21-12-13-24(18)19;;/h14,16-17H,2-13,15H2,1H3;2*1H. The predicted octanol–water partition coefficient (Wildman–Crippen LogP) is 5.78. The van der Waals surface area contributed by atoms with Crippen LogP contribution in [0.1, 0.15) is 64.2 Å². The Morgan fingerprint density at radius 3 is 2.54 bits per heavy atom. The number of hydrogen-bond donors (Lipinski definition) is 0. The van der Waals surface area contributed by atoms with Crippen molar-refractivity contribution in [2.75, 3.05) is 25.9 Å². The minimum atomic E-state index is 0. The Morgan fingerprint density at radius 2 is 1.82 bits per heavy atom. The van der Waals surface area contributed by atoms with Gasteiger partial charge in [-0.25, -0.2) is 0 Å². The zero-order valence-electron chi connectivity index (χ0n) is 16.8. The fraction of sp³-hybridized carbons (Fsp3) is 0.800. The molecule has 160 valence electrons. The van der Waals surface area contributed by atoms with Gasteiger partial charge in [0, 0.05) is 31.1 Å². The maximum Gasteiger partial charge on any atom is 0.167 e. The highest BCUT2D eigenvalue weighted by atomic mass is 35.5. The summed E-state index contributed by atoms with van der Waals surface area (Å²) in [6.07, 6.45) is 13.5. The van der Waals surface area contributed by atoms with E-state index in [1.54, 1.807) is 11.8 Å². The summed E-state index contributed by atoms with van der Waals surface area (Å²) < 4.78 is 0. The lowest BCUT2D eigenvalue weighted by molar-refractivity contribution is 0.280. The van der Waals surface area contributed by atoms with Gasteiger partial charge in [0.1, 0.15) is 0 Å². The van der Waals surface area contributed by atoms with E-state index >= 15 is 0 Å². The minimum absolute atomic E-state index is 0. The Morgan fingerprint density at radius 1 is 1.14 bits per heavy atom. The molecule has 0 unspecified atom stereocenters. The van der Waals surface area contributed by atoms with Crippen LogP contribution in [0.25, 0.3) is 0 Å². The molecule has 0 saturated heterocycles. The van der Waals surface area contributed by atoms with Gasteiger partial charge in [-0.15, -0.1) is 24.8 Å². The van der Waals surface area contributed by atoms with Gasteiger partial charge in [-0.05, 0) is 31.1 Å². The summed E-state index contributed by atoms with van der Waals surface area (Å²) in [6.45, 7) is 2.01. The molecule has 4 aliphatic rings. The average molecular weight is 466 g/mol. The second kappa shape index (κ2) is 12.0. The molecule has 4 rings (SSSR count). The van der Waals surface area contributed by atoms with Crippen LogP contribution in [0.15, 0.2) is 21.1 Å². The number of hydrogen-bond acceptors (Lipinski definition) is 5. The lowest BCUT2D eigenvalue weighted by Gasteiger charge is -2.34. The van der Waals surface area contributed by atoms with Crippen LogP contribution in [0.3, 0.4) is 0 Å². The Kier molecular flexibility index (Phi) is 10.4. The van der Waals surface area contributed by atoms with Crippen LogP contribution < -0.4 is 0 Å². The lowest BCUT2D eigenvalue weighted by Crippen LogP contribution is -2.38. The van der Waals surface area contributed by atoms with Crippen LogP contribution in [0.5, 0.6) is 0 Å². The molecule has 0 radical (unpaired) electrons. The Balaban J connectivity index is 0.00000140. The number of aliphatic imine (C=N–C) groups is 2. The van der Waals surface area contributed by atoms with E-state index in [1.165, 1.54) is 80.2 Å². The van der Waals surface area contributed by atoms with Crippen molar-refractivity contribution in [3.8, 4) is 0 Å². The Labute approximate surface area is 191 Å². The molecule has 28 heavy (non-hydrogen) atoms. The zero-order chi connectivity index (χ0) is 17.8. The summed E-state index contributed by atoms with van der Waals surface area (Å²) in [7, 11) is 2.30. The van der Waals surface area contributed by atoms with Crippen molar-refractivity contribution in [2.24, 2.45) is 9.98 Å². The summed E-state index contributed by atoms with van der Waals surface area (Å²) in [6, 6.07) is 1.24. The molecule has 2 heterocycles. The van der Waals surface area contributed by atoms with E-state index in [0.29, 0.717) is 12.1 Å². The molecule has 4 nitrogen and oxygen atoms in total. The maximum atomic E-state index is 5.28. The molecule has 0 spiro atoms. The summed E-state index contributed by atoms with van der Waals surface area (Å²) in [5, 5.41) is 4.79. The van der Waals surface area contributed by atoms with Crippen LogP contribution in [0.2, 0.25) is 0 Å². The smallest absolute Gasteiger partial charge is 0.167 e. The van der Waals surface area contributed by atoms with Crippen molar-refractivity contribution in [1.29, 1.82) is 0 Å². The van der Waals surface area contributed by atoms with Crippen LogP contribution >= 0.6 is 48.3 Å². The molecular formula is C20H34Cl2N4S2. The number of halogens is 2. The van der Waals surface area contributed by atoms with Crippen LogP contribution in [-0.4, -0.2) is 58.1 Å². The van der Waals surface area contributed by atoms with E-state index in [9.17, 15) is 0 Å². The van der Waals surface area contributed by atoms with Crippen LogP contribution in [0.4, 0.5) is 0 Å². The lowest BCUT2D eigenvalue weighted by atomic mass is 9.94. The zero-order valence-corrected chi connectivity index (χ0v) is 20.1. The van der Waals surface area contributed by atoms with Crippen molar-refractivity contribution in [1.82, 2.24) is 9.80 Å². The Hall–Kier alpha value is -0.0400. The van der Waals surface area contributed by atoms with Gasteiger partial charge in [0.15, 0.2) is 10.3 Å². The third kappa shape index (κ3) is 5.99. The van der Waals surface area contributed by atoms with Crippen molar-refractivity contribution in [3.63, 3.8) is 0 Å². The summed E-state index contributed by atoms with van der Waals surface area (Å²) in [4.78, 5) is 14.8. The minimum Gasteiger partial charge on any atom is -0.352 e. The van der Waals surface area contributed by atoms with Crippen molar-refractivity contribution in [3.05, 3.63) is 11.1 Å². The second-order valence-electron chi connectivity index (χ2n) is 7.94. The number of amidine groups is 2.